The number of anilines is 1. The van der Waals surface area contributed by atoms with Crippen LogP contribution < -0.4 is 10.1 Å². The zero-order valence-electron chi connectivity index (χ0n) is 14.7. The van der Waals surface area contributed by atoms with Crippen molar-refractivity contribution in [2.45, 2.75) is 20.3 Å². The Kier molecular flexibility index (Phi) is 6.82. The molecule has 0 bridgehead atoms. The van der Waals surface area contributed by atoms with Crippen molar-refractivity contribution < 1.29 is 9.53 Å². The van der Waals surface area contributed by atoms with Gasteiger partial charge in [-0.1, -0.05) is 26.0 Å². The molecule has 0 atom stereocenters. The highest BCUT2D eigenvalue weighted by Crippen LogP contribution is 2.15. The van der Waals surface area contributed by atoms with Crippen LogP contribution in [0.25, 0.3) is 0 Å². The van der Waals surface area contributed by atoms with Crippen LogP contribution in [0.15, 0.2) is 48.5 Å². The molecule has 0 saturated carbocycles. The van der Waals surface area contributed by atoms with Crippen molar-refractivity contribution in [3.05, 3.63) is 59.7 Å². The van der Waals surface area contributed by atoms with Gasteiger partial charge in [-0.3, -0.25) is 4.79 Å². The number of methoxy groups -OCH3 is 1. The van der Waals surface area contributed by atoms with Crippen LogP contribution in [0, 0.1) is 0 Å². The van der Waals surface area contributed by atoms with Crippen LogP contribution in [-0.4, -0.2) is 37.6 Å². The highest BCUT2D eigenvalue weighted by Gasteiger charge is 2.06. The molecule has 2 aromatic carbocycles. The van der Waals surface area contributed by atoms with Crippen molar-refractivity contribution in [3.63, 3.8) is 0 Å². The molecule has 0 aliphatic rings. The maximum atomic E-state index is 12.2. The number of nitrogens with zero attached hydrogens (tertiary/aromatic N) is 1. The van der Waals surface area contributed by atoms with E-state index in [-0.39, 0.29) is 5.91 Å². The van der Waals surface area contributed by atoms with Crippen molar-refractivity contribution in [1.29, 1.82) is 0 Å². The van der Waals surface area contributed by atoms with Crippen molar-refractivity contribution in [2.75, 3.05) is 32.1 Å². The summed E-state index contributed by atoms with van der Waals surface area (Å²) in [5, 5.41) is 2.92. The summed E-state index contributed by atoms with van der Waals surface area (Å²) in [6.45, 7) is 7.58. The zero-order valence-corrected chi connectivity index (χ0v) is 14.7. The van der Waals surface area contributed by atoms with Gasteiger partial charge in [-0.25, -0.2) is 0 Å². The van der Waals surface area contributed by atoms with Crippen LogP contribution in [0.4, 0.5) is 5.69 Å². The summed E-state index contributed by atoms with van der Waals surface area (Å²) in [5.74, 6) is 0.623. The number of hydrogen-bond acceptors (Lipinski definition) is 3. The molecule has 1 amide bonds. The first-order valence-corrected chi connectivity index (χ1v) is 8.43. The Morgan fingerprint density at radius 1 is 1.00 bits per heavy atom. The number of nitrogens with one attached hydrogen (secondary N) is 1. The summed E-state index contributed by atoms with van der Waals surface area (Å²) < 4.78 is 5.10. The molecule has 0 spiro atoms. The fourth-order valence-electron chi connectivity index (χ4n) is 2.53. The number of rotatable bonds is 8. The third-order valence-corrected chi connectivity index (χ3v) is 4.18. The van der Waals surface area contributed by atoms with Gasteiger partial charge in [-0.2, -0.15) is 0 Å². The van der Waals surface area contributed by atoms with Crippen molar-refractivity contribution >= 4 is 11.6 Å². The van der Waals surface area contributed by atoms with Gasteiger partial charge < -0.3 is 15.0 Å². The predicted molar refractivity (Wildman–Crippen MR) is 98.9 cm³/mol. The summed E-state index contributed by atoms with van der Waals surface area (Å²) in [6.07, 6.45) is 1.02. The molecule has 0 fully saturated rings. The summed E-state index contributed by atoms with van der Waals surface area (Å²) in [5.41, 5.74) is 2.70. The Hall–Kier alpha value is -2.33. The first-order chi connectivity index (χ1) is 11.7. The highest BCUT2D eigenvalue weighted by atomic mass is 16.5. The van der Waals surface area contributed by atoms with Crippen LogP contribution in [0.1, 0.15) is 29.8 Å². The van der Waals surface area contributed by atoms with Gasteiger partial charge in [0.1, 0.15) is 5.75 Å². The number of benzene rings is 2. The Morgan fingerprint density at radius 2 is 1.62 bits per heavy atom. The summed E-state index contributed by atoms with van der Waals surface area (Å²) in [4.78, 5) is 14.6. The molecule has 4 nitrogen and oxygen atoms in total. The number of hydrogen-bond donors (Lipinski definition) is 1. The van der Waals surface area contributed by atoms with Crippen LogP contribution in [0.5, 0.6) is 5.75 Å². The van der Waals surface area contributed by atoms with Gasteiger partial charge >= 0.3 is 0 Å². The Labute approximate surface area is 144 Å². The lowest BCUT2D eigenvalue weighted by Crippen LogP contribution is -2.25. The van der Waals surface area contributed by atoms with E-state index in [4.69, 9.17) is 4.74 Å². The van der Waals surface area contributed by atoms with E-state index in [1.54, 1.807) is 31.4 Å². The van der Waals surface area contributed by atoms with Gasteiger partial charge in [0.05, 0.1) is 7.11 Å². The quantitative estimate of drug-likeness (QED) is 0.801. The number of carbonyl (C=O) groups excluding carboxylic acids is 1. The summed E-state index contributed by atoms with van der Waals surface area (Å²) >= 11 is 0. The molecule has 0 aromatic heterocycles. The fraction of sp³-hybridized carbons (Fsp3) is 0.350. The molecule has 0 aliphatic carbocycles. The molecule has 0 unspecified atom stereocenters. The van der Waals surface area contributed by atoms with Gasteiger partial charge in [0.25, 0.3) is 5.91 Å². The second kappa shape index (κ2) is 9.08. The minimum atomic E-state index is -0.117. The van der Waals surface area contributed by atoms with E-state index in [0.29, 0.717) is 5.56 Å². The van der Waals surface area contributed by atoms with Crippen molar-refractivity contribution in [3.8, 4) is 5.75 Å². The first kappa shape index (κ1) is 18.0. The maximum absolute atomic E-state index is 12.2. The molecule has 128 valence electrons. The molecule has 0 radical (unpaired) electrons. The van der Waals surface area contributed by atoms with E-state index in [1.807, 2.05) is 12.1 Å². The molecule has 2 rings (SSSR count). The lowest BCUT2D eigenvalue weighted by Gasteiger charge is -2.17. The predicted octanol–water partition coefficient (Wildman–Crippen LogP) is 3.83. The van der Waals surface area contributed by atoms with Gasteiger partial charge in [0, 0.05) is 17.8 Å². The van der Waals surface area contributed by atoms with Gasteiger partial charge in [0.15, 0.2) is 0 Å². The van der Waals surface area contributed by atoms with Crippen LogP contribution in [-0.2, 0) is 6.42 Å². The monoisotopic (exact) mass is 326 g/mol. The second-order valence-corrected chi connectivity index (χ2v) is 5.66. The average Bonchev–Trinajstić information content (AvgIpc) is 2.64. The Balaban J connectivity index is 1.91. The SMILES string of the molecule is CCN(CC)CCc1ccc(NC(=O)c2ccc(OC)cc2)cc1. The lowest BCUT2D eigenvalue weighted by atomic mass is 10.1. The normalized spacial score (nSPS) is 10.7. The molecule has 4 heteroatoms. The van der Waals surface area contributed by atoms with E-state index >= 15 is 0 Å². The first-order valence-electron chi connectivity index (χ1n) is 8.43. The minimum absolute atomic E-state index is 0.117. The lowest BCUT2D eigenvalue weighted by molar-refractivity contribution is 0.102. The summed E-state index contributed by atoms with van der Waals surface area (Å²) in [6, 6.07) is 15.1. The Bertz CT molecular complexity index is 632. The summed E-state index contributed by atoms with van der Waals surface area (Å²) in [7, 11) is 1.61. The third-order valence-electron chi connectivity index (χ3n) is 4.18. The smallest absolute Gasteiger partial charge is 0.255 e. The van der Waals surface area contributed by atoms with E-state index < -0.39 is 0 Å². The zero-order chi connectivity index (χ0) is 17.4. The van der Waals surface area contributed by atoms with Crippen LogP contribution >= 0.6 is 0 Å². The van der Waals surface area contributed by atoms with E-state index in [2.05, 4.69) is 36.2 Å². The largest absolute Gasteiger partial charge is 0.497 e. The van der Waals surface area contributed by atoms with E-state index in [1.165, 1.54) is 5.56 Å². The van der Waals surface area contributed by atoms with E-state index in [0.717, 1.165) is 37.5 Å². The standard InChI is InChI=1S/C20H26N2O2/c1-4-22(5-2)15-14-16-6-10-18(11-7-16)21-20(23)17-8-12-19(24-3)13-9-17/h6-13H,4-5,14-15H2,1-3H3,(H,21,23). The van der Waals surface area contributed by atoms with Crippen LogP contribution in [0.2, 0.25) is 0 Å². The van der Waals surface area contributed by atoms with Crippen molar-refractivity contribution in [2.24, 2.45) is 0 Å². The molecule has 0 heterocycles. The molecule has 24 heavy (non-hydrogen) atoms. The molecular weight excluding hydrogens is 300 g/mol. The highest BCUT2D eigenvalue weighted by molar-refractivity contribution is 6.04. The molecular formula is C20H26N2O2. The Morgan fingerprint density at radius 3 is 2.17 bits per heavy atom. The van der Waals surface area contributed by atoms with Gasteiger partial charge in [-0.05, 0) is 61.5 Å². The van der Waals surface area contributed by atoms with Gasteiger partial charge in [0.2, 0.25) is 0 Å². The van der Waals surface area contributed by atoms with E-state index in [9.17, 15) is 4.79 Å². The average molecular weight is 326 g/mol. The molecule has 0 saturated heterocycles. The third kappa shape index (κ3) is 5.10. The molecule has 0 aliphatic heterocycles. The van der Waals surface area contributed by atoms with Gasteiger partial charge in [-0.15, -0.1) is 0 Å². The van der Waals surface area contributed by atoms with Crippen molar-refractivity contribution in [1.82, 2.24) is 4.90 Å². The van der Waals surface area contributed by atoms with Crippen LogP contribution in [0.3, 0.4) is 0 Å². The molecule has 1 N–H and O–H groups in total. The fourth-order valence-corrected chi connectivity index (χ4v) is 2.53. The number of carbonyl (C=O) groups is 1. The number of ether oxygens (including phenoxy) is 1. The second-order valence-electron chi connectivity index (χ2n) is 5.66. The number of likely N-dealkylation sites (N-methyl/N-ethyl adjacent to an activating group) is 1. The topological polar surface area (TPSA) is 41.6 Å². The number of amides is 1. The maximum Gasteiger partial charge on any atom is 0.255 e. The minimum Gasteiger partial charge on any atom is -0.497 e. The molecule has 2 aromatic rings.